The van der Waals surface area contributed by atoms with E-state index in [-0.39, 0.29) is 24.0 Å². The fourth-order valence-electron chi connectivity index (χ4n) is 4.58. The third kappa shape index (κ3) is 2.43. The molecular weight excluding hydrogens is 278 g/mol. The van der Waals surface area contributed by atoms with Crippen LogP contribution in [-0.4, -0.2) is 46.2 Å². The molecule has 3 fully saturated rings. The monoisotopic (exact) mass is 305 g/mol. The zero-order valence-electron chi connectivity index (χ0n) is 13.7. The quantitative estimate of drug-likeness (QED) is 0.826. The van der Waals surface area contributed by atoms with E-state index in [1.807, 2.05) is 13.8 Å². The van der Waals surface area contributed by atoms with Crippen LogP contribution in [0.2, 0.25) is 0 Å². The summed E-state index contributed by atoms with van der Waals surface area (Å²) in [5, 5.41) is 23.0. The van der Waals surface area contributed by atoms with Crippen molar-refractivity contribution >= 4 is 5.91 Å². The second-order valence-electron chi connectivity index (χ2n) is 8.08. The summed E-state index contributed by atoms with van der Waals surface area (Å²) in [5.74, 6) is -0.0118. The van der Waals surface area contributed by atoms with Gasteiger partial charge in [-0.1, -0.05) is 6.42 Å². The van der Waals surface area contributed by atoms with Crippen LogP contribution in [0, 0.1) is 16.7 Å². The molecule has 0 aromatic heterocycles. The smallest absolute Gasteiger partial charge is 0.237 e. The maximum atomic E-state index is 12.4. The number of aliphatic hydroxyl groups is 1. The molecule has 1 saturated heterocycles. The second kappa shape index (κ2) is 5.21. The predicted octanol–water partition coefficient (Wildman–Crippen LogP) is 1.56. The van der Waals surface area contributed by atoms with E-state index >= 15 is 0 Å². The molecule has 5 heteroatoms. The van der Waals surface area contributed by atoms with Gasteiger partial charge in [0.15, 0.2) is 0 Å². The first-order valence-corrected chi connectivity index (χ1v) is 8.47. The zero-order valence-corrected chi connectivity index (χ0v) is 13.7. The van der Waals surface area contributed by atoms with E-state index in [0.717, 1.165) is 25.7 Å². The van der Waals surface area contributed by atoms with Gasteiger partial charge in [0, 0.05) is 12.1 Å². The van der Waals surface area contributed by atoms with Crippen LogP contribution in [0.3, 0.4) is 0 Å². The number of nitrogens with zero attached hydrogens (tertiary/aromatic N) is 2. The second-order valence-corrected chi connectivity index (χ2v) is 8.08. The van der Waals surface area contributed by atoms with Gasteiger partial charge in [0.2, 0.25) is 5.91 Å². The van der Waals surface area contributed by atoms with Crippen molar-refractivity contribution in [1.82, 2.24) is 10.2 Å². The molecule has 1 atom stereocenters. The number of nitrogens with one attached hydrogen (secondary N) is 1. The predicted molar refractivity (Wildman–Crippen MR) is 82.9 cm³/mol. The number of amides is 1. The van der Waals surface area contributed by atoms with Gasteiger partial charge >= 0.3 is 0 Å². The van der Waals surface area contributed by atoms with Gasteiger partial charge in [-0.25, -0.2) is 0 Å². The summed E-state index contributed by atoms with van der Waals surface area (Å²) in [4.78, 5) is 14.1. The minimum atomic E-state index is -0.840. The lowest BCUT2D eigenvalue weighted by atomic mass is 9.45. The van der Waals surface area contributed by atoms with Gasteiger partial charge in [0.25, 0.3) is 0 Å². The molecule has 2 N–H and O–H groups in total. The minimum absolute atomic E-state index is 0.0118. The van der Waals surface area contributed by atoms with Crippen molar-refractivity contribution in [2.75, 3.05) is 13.1 Å². The van der Waals surface area contributed by atoms with Crippen LogP contribution in [0.15, 0.2) is 0 Å². The van der Waals surface area contributed by atoms with Gasteiger partial charge in [-0.05, 0) is 57.8 Å². The van der Waals surface area contributed by atoms with Crippen molar-refractivity contribution in [2.24, 2.45) is 5.41 Å². The van der Waals surface area contributed by atoms with Crippen molar-refractivity contribution < 1.29 is 9.90 Å². The van der Waals surface area contributed by atoms with E-state index in [0.29, 0.717) is 12.0 Å². The highest BCUT2D eigenvalue weighted by atomic mass is 16.3. The molecule has 1 spiro atoms. The van der Waals surface area contributed by atoms with E-state index < -0.39 is 5.60 Å². The Morgan fingerprint density at radius 1 is 1.41 bits per heavy atom. The standard InChI is InChI=1S/C17H27N3O2/c1-15(2,22)17(11-16(12-17)6-4-7-16)19-10-14(21)20-8-3-5-13(20)9-18/h13,19,22H,3-8,10-12H2,1-2H3/t13-/m0/s1. The van der Waals surface area contributed by atoms with Crippen LogP contribution < -0.4 is 5.32 Å². The molecule has 0 aromatic carbocycles. The van der Waals surface area contributed by atoms with Crippen molar-refractivity contribution in [3.8, 4) is 6.07 Å². The zero-order chi connectivity index (χ0) is 16.0. The average molecular weight is 305 g/mol. The fraction of sp³-hybridized carbons (Fsp3) is 0.882. The molecule has 0 unspecified atom stereocenters. The highest BCUT2D eigenvalue weighted by Gasteiger charge is 2.62. The van der Waals surface area contributed by atoms with Crippen molar-refractivity contribution in [1.29, 1.82) is 5.26 Å². The maximum absolute atomic E-state index is 12.4. The fourth-order valence-corrected chi connectivity index (χ4v) is 4.58. The summed E-state index contributed by atoms with van der Waals surface area (Å²) in [6.45, 7) is 4.57. The first-order valence-electron chi connectivity index (χ1n) is 8.47. The Kier molecular flexibility index (Phi) is 3.73. The highest BCUT2D eigenvalue weighted by Crippen LogP contribution is 2.63. The SMILES string of the molecule is CC(C)(O)C1(NCC(=O)N2CCC[C@H]2C#N)CC2(CCC2)C1. The third-order valence-electron chi connectivity index (χ3n) is 6.24. The topological polar surface area (TPSA) is 76.4 Å². The molecule has 3 aliphatic rings. The number of nitriles is 1. The molecule has 1 amide bonds. The van der Waals surface area contributed by atoms with Crippen LogP contribution in [0.5, 0.6) is 0 Å². The Hall–Kier alpha value is -1.12. The lowest BCUT2D eigenvalue weighted by Gasteiger charge is -2.65. The number of likely N-dealkylation sites (tertiary alicyclic amines) is 1. The van der Waals surface area contributed by atoms with Crippen molar-refractivity contribution in [2.45, 2.75) is 76.0 Å². The van der Waals surface area contributed by atoms with Crippen molar-refractivity contribution in [3.05, 3.63) is 0 Å². The van der Waals surface area contributed by atoms with Gasteiger partial charge in [-0.3, -0.25) is 4.79 Å². The summed E-state index contributed by atoms with van der Waals surface area (Å²) >= 11 is 0. The molecule has 2 aliphatic carbocycles. The Balaban J connectivity index is 1.61. The number of hydrogen-bond donors (Lipinski definition) is 2. The van der Waals surface area contributed by atoms with Gasteiger partial charge < -0.3 is 15.3 Å². The van der Waals surface area contributed by atoms with Crippen LogP contribution in [0.1, 0.15) is 58.8 Å². The van der Waals surface area contributed by atoms with Crippen LogP contribution in [0.4, 0.5) is 0 Å². The molecular formula is C17H27N3O2. The lowest BCUT2D eigenvalue weighted by Crippen LogP contribution is -2.72. The molecule has 1 heterocycles. The Bertz CT molecular complexity index is 491. The van der Waals surface area contributed by atoms with E-state index in [4.69, 9.17) is 5.26 Å². The first-order chi connectivity index (χ1) is 10.3. The van der Waals surface area contributed by atoms with Crippen molar-refractivity contribution in [3.63, 3.8) is 0 Å². The number of carbonyl (C=O) groups is 1. The normalized spacial score (nSPS) is 28.8. The van der Waals surface area contributed by atoms with E-state index in [9.17, 15) is 9.90 Å². The Morgan fingerprint density at radius 3 is 2.59 bits per heavy atom. The van der Waals surface area contributed by atoms with Gasteiger partial charge in [0.1, 0.15) is 6.04 Å². The minimum Gasteiger partial charge on any atom is -0.389 e. The van der Waals surface area contributed by atoms with Crippen LogP contribution in [-0.2, 0) is 4.79 Å². The molecule has 2 saturated carbocycles. The molecule has 1 aliphatic heterocycles. The van der Waals surface area contributed by atoms with Crippen LogP contribution in [0.25, 0.3) is 0 Å². The largest absolute Gasteiger partial charge is 0.389 e. The average Bonchev–Trinajstić information content (AvgIpc) is 2.81. The summed E-state index contributed by atoms with van der Waals surface area (Å²) in [7, 11) is 0. The van der Waals surface area contributed by atoms with E-state index in [1.165, 1.54) is 19.3 Å². The number of hydrogen-bond acceptors (Lipinski definition) is 4. The lowest BCUT2D eigenvalue weighted by molar-refractivity contribution is -0.158. The molecule has 0 bridgehead atoms. The Labute approximate surface area is 132 Å². The van der Waals surface area contributed by atoms with Gasteiger partial charge in [0.05, 0.1) is 18.2 Å². The molecule has 3 rings (SSSR count). The summed E-state index contributed by atoms with van der Waals surface area (Å²) in [6.07, 6.45) is 7.40. The molecule has 22 heavy (non-hydrogen) atoms. The first kappa shape index (κ1) is 15.8. The molecule has 0 radical (unpaired) electrons. The summed E-state index contributed by atoms with van der Waals surface area (Å²) in [5.41, 5.74) is -0.780. The van der Waals surface area contributed by atoms with Crippen LogP contribution >= 0.6 is 0 Å². The molecule has 122 valence electrons. The maximum Gasteiger partial charge on any atom is 0.237 e. The summed E-state index contributed by atoms with van der Waals surface area (Å²) in [6, 6.07) is 1.94. The Morgan fingerprint density at radius 2 is 2.09 bits per heavy atom. The number of carbonyl (C=O) groups excluding carboxylic acids is 1. The van der Waals surface area contributed by atoms with Gasteiger partial charge in [-0.2, -0.15) is 5.26 Å². The van der Waals surface area contributed by atoms with E-state index in [2.05, 4.69) is 11.4 Å². The van der Waals surface area contributed by atoms with Gasteiger partial charge in [-0.15, -0.1) is 0 Å². The third-order valence-corrected chi connectivity index (χ3v) is 6.24. The van der Waals surface area contributed by atoms with E-state index in [1.54, 1.807) is 4.90 Å². The molecule has 0 aromatic rings. The number of rotatable bonds is 4. The summed E-state index contributed by atoms with van der Waals surface area (Å²) < 4.78 is 0. The highest BCUT2D eigenvalue weighted by molar-refractivity contribution is 5.79. The molecule has 5 nitrogen and oxygen atoms in total.